The lowest BCUT2D eigenvalue weighted by molar-refractivity contribution is 0.553. The summed E-state index contributed by atoms with van der Waals surface area (Å²) in [6.07, 6.45) is 0. The van der Waals surface area contributed by atoms with E-state index in [2.05, 4.69) is 26.0 Å². The van der Waals surface area contributed by atoms with E-state index in [-0.39, 0.29) is 6.04 Å². The second-order valence-electron chi connectivity index (χ2n) is 4.64. The molecule has 0 fully saturated rings. The van der Waals surface area contributed by atoms with Crippen molar-refractivity contribution in [2.24, 2.45) is 0 Å². The molecule has 0 aliphatic rings. The van der Waals surface area contributed by atoms with Gasteiger partial charge < -0.3 is 5.32 Å². The average Bonchev–Trinajstić information content (AvgIpc) is 2.29. The van der Waals surface area contributed by atoms with Crippen LogP contribution in [0.4, 0.5) is 10.1 Å². The van der Waals surface area contributed by atoms with Crippen molar-refractivity contribution in [1.29, 1.82) is 0 Å². The molecule has 1 unspecified atom stereocenters. The maximum Gasteiger partial charge on any atom is 0.236 e. The van der Waals surface area contributed by atoms with Crippen molar-refractivity contribution in [2.75, 3.05) is 11.3 Å². The zero-order valence-corrected chi connectivity index (χ0v) is 13.5. The first kappa shape index (κ1) is 16.4. The van der Waals surface area contributed by atoms with Gasteiger partial charge in [-0.15, -0.1) is 0 Å². The monoisotopic (exact) mass is 352 g/mol. The lowest BCUT2D eigenvalue weighted by atomic mass is 10.3. The van der Waals surface area contributed by atoms with E-state index in [9.17, 15) is 12.8 Å². The van der Waals surface area contributed by atoms with Crippen LogP contribution in [-0.4, -0.2) is 26.3 Å². The molecule has 0 radical (unpaired) electrons. The minimum absolute atomic E-state index is 0.218. The highest BCUT2D eigenvalue weighted by Crippen LogP contribution is 2.24. The van der Waals surface area contributed by atoms with Crippen LogP contribution < -0.4 is 10.0 Å². The van der Waals surface area contributed by atoms with E-state index in [1.165, 1.54) is 18.2 Å². The summed E-state index contributed by atoms with van der Waals surface area (Å²) in [5.41, 5.74) is 0.331. The fraction of sp³-hybridized carbons (Fsp3) is 0.500. The van der Waals surface area contributed by atoms with E-state index in [0.29, 0.717) is 16.7 Å². The van der Waals surface area contributed by atoms with Gasteiger partial charge in [-0.1, -0.05) is 13.8 Å². The molecule has 1 aromatic rings. The van der Waals surface area contributed by atoms with Crippen LogP contribution in [0.15, 0.2) is 22.7 Å². The molecule has 0 bridgehead atoms. The van der Waals surface area contributed by atoms with Crippen molar-refractivity contribution < 1.29 is 12.8 Å². The quantitative estimate of drug-likeness (QED) is 0.827. The van der Waals surface area contributed by atoms with Crippen LogP contribution >= 0.6 is 15.9 Å². The highest BCUT2D eigenvalue weighted by Gasteiger charge is 2.21. The molecule has 1 atom stereocenters. The first-order chi connectivity index (χ1) is 8.72. The first-order valence-corrected chi connectivity index (χ1v) is 8.26. The third kappa shape index (κ3) is 5.08. The molecule has 0 aliphatic heterocycles. The smallest absolute Gasteiger partial charge is 0.236 e. The molecule has 108 valence electrons. The SMILES string of the molecule is CC(C)NCC(C)S(=O)(=O)Nc1ccc(F)cc1Br. The van der Waals surface area contributed by atoms with Gasteiger partial charge in [-0.2, -0.15) is 0 Å². The van der Waals surface area contributed by atoms with E-state index in [0.717, 1.165) is 0 Å². The third-order valence-corrected chi connectivity index (χ3v) is 4.91. The Morgan fingerprint density at radius 3 is 2.47 bits per heavy atom. The van der Waals surface area contributed by atoms with Crippen LogP contribution in [0.3, 0.4) is 0 Å². The van der Waals surface area contributed by atoms with Gasteiger partial charge in [-0.05, 0) is 41.1 Å². The molecule has 4 nitrogen and oxygen atoms in total. The number of hydrogen-bond donors (Lipinski definition) is 2. The molecule has 0 saturated carbocycles. The van der Waals surface area contributed by atoms with Crippen molar-refractivity contribution in [3.05, 3.63) is 28.5 Å². The van der Waals surface area contributed by atoms with E-state index in [1.807, 2.05) is 13.8 Å². The van der Waals surface area contributed by atoms with E-state index >= 15 is 0 Å². The Kier molecular flexibility index (Phi) is 5.76. The minimum atomic E-state index is -3.51. The van der Waals surface area contributed by atoms with Crippen LogP contribution in [-0.2, 0) is 10.0 Å². The van der Waals surface area contributed by atoms with Crippen LogP contribution in [0, 0.1) is 5.82 Å². The van der Waals surface area contributed by atoms with E-state index in [4.69, 9.17) is 0 Å². The lowest BCUT2D eigenvalue weighted by Gasteiger charge is -2.17. The second kappa shape index (κ2) is 6.67. The molecule has 1 aromatic carbocycles. The van der Waals surface area contributed by atoms with Gasteiger partial charge in [0.1, 0.15) is 5.82 Å². The number of halogens is 2. The van der Waals surface area contributed by atoms with Crippen LogP contribution in [0.25, 0.3) is 0 Å². The highest BCUT2D eigenvalue weighted by molar-refractivity contribution is 9.10. The van der Waals surface area contributed by atoms with Gasteiger partial charge in [-0.3, -0.25) is 4.72 Å². The molecule has 0 aromatic heterocycles. The molecule has 19 heavy (non-hydrogen) atoms. The van der Waals surface area contributed by atoms with Crippen molar-refractivity contribution >= 4 is 31.6 Å². The Labute approximate surface area is 122 Å². The molecule has 0 aliphatic carbocycles. The lowest BCUT2D eigenvalue weighted by Crippen LogP contribution is -2.37. The van der Waals surface area contributed by atoms with Crippen LogP contribution in [0.5, 0.6) is 0 Å². The predicted octanol–water partition coefficient (Wildman–Crippen LogP) is 2.72. The second-order valence-corrected chi connectivity index (χ2v) is 7.60. The molecule has 0 saturated heterocycles. The van der Waals surface area contributed by atoms with Crippen molar-refractivity contribution in [3.8, 4) is 0 Å². The van der Waals surface area contributed by atoms with Gasteiger partial charge in [0.25, 0.3) is 0 Å². The number of sulfonamides is 1. The summed E-state index contributed by atoms with van der Waals surface area (Å²) in [5.74, 6) is -0.427. The Balaban J connectivity index is 2.78. The Morgan fingerprint density at radius 1 is 1.32 bits per heavy atom. The summed E-state index contributed by atoms with van der Waals surface area (Å²) < 4.78 is 39.9. The fourth-order valence-corrected chi connectivity index (χ4v) is 2.92. The van der Waals surface area contributed by atoms with E-state index < -0.39 is 21.1 Å². The van der Waals surface area contributed by atoms with Gasteiger partial charge >= 0.3 is 0 Å². The molecule has 2 N–H and O–H groups in total. The fourth-order valence-electron chi connectivity index (χ4n) is 1.34. The summed E-state index contributed by atoms with van der Waals surface area (Å²) >= 11 is 3.13. The zero-order valence-electron chi connectivity index (χ0n) is 11.1. The van der Waals surface area contributed by atoms with Crippen LogP contribution in [0.1, 0.15) is 20.8 Å². The zero-order chi connectivity index (χ0) is 14.6. The normalized spacial score (nSPS) is 13.6. The molecular formula is C12H18BrFN2O2S. The standard InChI is InChI=1S/C12H18BrFN2O2S/c1-8(2)15-7-9(3)19(17,18)16-12-5-4-10(14)6-11(12)13/h4-6,8-9,15-16H,7H2,1-3H3. The Bertz CT molecular complexity index is 535. The van der Waals surface area contributed by atoms with Crippen molar-refractivity contribution in [3.63, 3.8) is 0 Å². The van der Waals surface area contributed by atoms with Crippen molar-refractivity contribution in [1.82, 2.24) is 5.32 Å². The molecule has 0 amide bonds. The van der Waals surface area contributed by atoms with Gasteiger partial charge in [-0.25, -0.2) is 12.8 Å². The molecule has 1 rings (SSSR count). The highest BCUT2D eigenvalue weighted by atomic mass is 79.9. The number of benzene rings is 1. The van der Waals surface area contributed by atoms with E-state index in [1.54, 1.807) is 6.92 Å². The molecule has 0 heterocycles. The van der Waals surface area contributed by atoms with Gasteiger partial charge in [0.2, 0.25) is 10.0 Å². The van der Waals surface area contributed by atoms with Crippen LogP contribution in [0.2, 0.25) is 0 Å². The van der Waals surface area contributed by atoms with Gasteiger partial charge in [0.05, 0.1) is 10.9 Å². The molecular weight excluding hydrogens is 335 g/mol. The first-order valence-electron chi connectivity index (χ1n) is 5.92. The summed E-state index contributed by atoms with van der Waals surface area (Å²) in [6.45, 7) is 5.87. The summed E-state index contributed by atoms with van der Waals surface area (Å²) in [5, 5.41) is 2.48. The number of hydrogen-bond acceptors (Lipinski definition) is 3. The number of anilines is 1. The number of rotatable bonds is 6. The summed E-state index contributed by atoms with van der Waals surface area (Å²) in [6, 6.07) is 4.03. The van der Waals surface area contributed by atoms with Gasteiger partial charge in [0, 0.05) is 17.1 Å². The summed E-state index contributed by atoms with van der Waals surface area (Å²) in [4.78, 5) is 0. The average molecular weight is 353 g/mol. The third-order valence-electron chi connectivity index (χ3n) is 2.53. The van der Waals surface area contributed by atoms with Gasteiger partial charge in [0.15, 0.2) is 0 Å². The maximum atomic E-state index is 12.9. The Hall–Kier alpha value is -0.660. The Morgan fingerprint density at radius 2 is 1.95 bits per heavy atom. The maximum absolute atomic E-state index is 12.9. The number of nitrogens with one attached hydrogen (secondary N) is 2. The molecule has 7 heteroatoms. The molecule has 0 spiro atoms. The topological polar surface area (TPSA) is 58.2 Å². The summed E-state index contributed by atoms with van der Waals surface area (Å²) in [7, 11) is -3.51. The predicted molar refractivity (Wildman–Crippen MR) is 79.2 cm³/mol. The van der Waals surface area contributed by atoms with Crippen molar-refractivity contribution in [2.45, 2.75) is 32.1 Å². The minimum Gasteiger partial charge on any atom is -0.313 e. The largest absolute Gasteiger partial charge is 0.313 e.